The first kappa shape index (κ1) is 18.4. The summed E-state index contributed by atoms with van der Waals surface area (Å²) in [5, 5.41) is 8.97. The second-order valence-electron chi connectivity index (χ2n) is 5.12. The highest BCUT2D eigenvalue weighted by Gasteiger charge is 2.35. The Morgan fingerprint density at radius 3 is 2.52 bits per heavy atom. The molecule has 11 heteroatoms. The van der Waals surface area contributed by atoms with Crippen LogP contribution in [0.5, 0.6) is 5.75 Å². The fourth-order valence-corrected chi connectivity index (χ4v) is 2.41. The largest absolute Gasteiger partial charge is 0.573 e. The minimum atomic E-state index is -4.98. The fraction of sp³-hybridized carbons (Fsp3) is 0.357. The van der Waals surface area contributed by atoms with Gasteiger partial charge in [-0.15, -0.1) is 13.2 Å². The first-order valence-corrected chi connectivity index (χ1v) is 7.13. The highest BCUT2D eigenvalue weighted by Crippen LogP contribution is 2.26. The molecule has 3 amide bonds. The average molecular weight is 361 g/mol. The molecule has 2 rings (SSSR count). The molecule has 0 aliphatic carbocycles. The highest BCUT2D eigenvalue weighted by molar-refractivity contribution is 5.98. The van der Waals surface area contributed by atoms with Gasteiger partial charge in [-0.1, -0.05) is 12.1 Å². The lowest BCUT2D eigenvalue weighted by Crippen LogP contribution is -2.51. The van der Waals surface area contributed by atoms with Gasteiger partial charge in [0.15, 0.2) is 0 Å². The molecule has 1 aromatic carbocycles. The summed E-state index contributed by atoms with van der Waals surface area (Å²) in [5.41, 5.74) is 3.53. The van der Waals surface area contributed by atoms with Gasteiger partial charge in [-0.05, 0) is 25.0 Å². The van der Waals surface area contributed by atoms with E-state index in [4.69, 9.17) is 5.11 Å². The fourth-order valence-electron chi connectivity index (χ4n) is 2.41. The van der Waals surface area contributed by atoms with Crippen molar-refractivity contribution in [1.82, 2.24) is 15.8 Å². The normalized spacial score (nSPS) is 17.1. The molecule has 1 atom stereocenters. The van der Waals surface area contributed by atoms with Crippen molar-refractivity contribution < 1.29 is 37.4 Å². The van der Waals surface area contributed by atoms with Crippen molar-refractivity contribution in [3.8, 4) is 5.75 Å². The Morgan fingerprint density at radius 2 is 1.88 bits per heavy atom. The summed E-state index contributed by atoms with van der Waals surface area (Å²) >= 11 is 0. The van der Waals surface area contributed by atoms with Crippen LogP contribution in [-0.2, 0) is 4.79 Å². The van der Waals surface area contributed by atoms with E-state index in [9.17, 15) is 27.6 Å². The van der Waals surface area contributed by atoms with E-state index >= 15 is 0 Å². The van der Waals surface area contributed by atoms with Crippen LogP contribution >= 0.6 is 0 Å². The van der Waals surface area contributed by atoms with Gasteiger partial charge in [0.05, 0.1) is 5.56 Å². The lowest BCUT2D eigenvalue weighted by Gasteiger charge is -2.21. The number of benzene rings is 1. The van der Waals surface area contributed by atoms with Gasteiger partial charge in [-0.25, -0.2) is 4.79 Å². The second kappa shape index (κ2) is 7.28. The van der Waals surface area contributed by atoms with Crippen LogP contribution < -0.4 is 15.6 Å². The van der Waals surface area contributed by atoms with E-state index in [-0.39, 0.29) is 13.0 Å². The number of nitrogens with one attached hydrogen (secondary N) is 2. The number of hydrazine groups is 1. The molecule has 1 aliphatic heterocycles. The lowest BCUT2D eigenvalue weighted by molar-refractivity contribution is -0.274. The van der Waals surface area contributed by atoms with E-state index in [2.05, 4.69) is 4.74 Å². The van der Waals surface area contributed by atoms with Crippen LogP contribution in [0, 0.1) is 0 Å². The molecular weight excluding hydrogens is 347 g/mol. The van der Waals surface area contributed by atoms with Crippen molar-refractivity contribution in [2.75, 3.05) is 6.54 Å². The maximum Gasteiger partial charge on any atom is 0.573 e. The van der Waals surface area contributed by atoms with Crippen molar-refractivity contribution in [2.24, 2.45) is 0 Å². The SMILES string of the molecule is O=C(NNC(=O)[C@@H]1CCCN1C(=O)O)c1ccccc1OC(F)(F)F. The molecule has 8 nitrogen and oxygen atoms in total. The molecule has 25 heavy (non-hydrogen) atoms. The number of carboxylic acid groups (broad SMARTS) is 1. The lowest BCUT2D eigenvalue weighted by atomic mass is 10.2. The number of amides is 3. The Morgan fingerprint density at radius 1 is 1.20 bits per heavy atom. The van der Waals surface area contributed by atoms with Crippen LogP contribution in [0.3, 0.4) is 0 Å². The molecule has 0 bridgehead atoms. The molecule has 1 fully saturated rings. The Bertz CT molecular complexity index is 680. The van der Waals surface area contributed by atoms with Crippen LogP contribution in [-0.4, -0.2) is 46.9 Å². The number of carbonyl (C=O) groups is 3. The summed E-state index contributed by atoms with van der Waals surface area (Å²) in [6.07, 6.45) is -5.48. The number of rotatable bonds is 3. The standard InChI is InChI=1S/C14H14F3N3O5/c15-14(16,17)25-10-6-2-1-4-8(10)11(21)18-19-12(22)9-5-3-7-20(9)13(23)24/h1-2,4,6,9H,3,5,7H2,(H,18,21)(H,19,22)(H,23,24)/t9-/m0/s1. The number of alkyl halides is 3. The minimum Gasteiger partial charge on any atom is -0.465 e. The monoisotopic (exact) mass is 361 g/mol. The molecular formula is C14H14F3N3O5. The summed E-state index contributed by atoms with van der Waals surface area (Å²) < 4.78 is 40.8. The van der Waals surface area contributed by atoms with Gasteiger partial charge in [0.1, 0.15) is 11.8 Å². The molecule has 1 heterocycles. The van der Waals surface area contributed by atoms with Crippen molar-refractivity contribution in [2.45, 2.75) is 25.2 Å². The average Bonchev–Trinajstić information content (AvgIpc) is 3.01. The molecule has 0 aromatic heterocycles. The number of halogens is 3. The Hall–Kier alpha value is -2.98. The molecule has 0 spiro atoms. The van der Waals surface area contributed by atoms with Gasteiger partial charge < -0.3 is 9.84 Å². The van der Waals surface area contributed by atoms with Gasteiger partial charge in [-0.3, -0.25) is 25.3 Å². The van der Waals surface area contributed by atoms with Gasteiger partial charge in [0.2, 0.25) is 0 Å². The van der Waals surface area contributed by atoms with Gasteiger partial charge in [0, 0.05) is 6.54 Å². The predicted octanol–water partition coefficient (Wildman–Crippen LogP) is 1.49. The van der Waals surface area contributed by atoms with E-state index < -0.39 is 41.6 Å². The Balaban J connectivity index is 2.01. The molecule has 3 N–H and O–H groups in total. The van der Waals surface area contributed by atoms with E-state index in [0.29, 0.717) is 6.42 Å². The number of hydrogen-bond acceptors (Lipinski definition) is 4. The first-order chi connectivity index (χ1) is 11.7. The van der Waals surface area contributed by atoms with E-state index in [0.717, 1.165) is 17.0 Å². The quantitative estimate of drug-likeness (QED) is 0.707. The summed E-state index contributed by atoms with van der Waals surface area (Å²) in [6, 6.07) is 3.64. The van der Waals surface area contributed by atoms with Crippen LogP contribution in [0.1, 0.15) is 23.2 Å². The second-order valence-corrected chi connectivity index (χ2v) is 5.12. The molecule has 1 saturated heterocycles. The topological polar surface area (TPSA) is 108 Å². The van der Waals surface area contributed by atoms with Crippen LogP contribution in [0.2, 0.25) is 0 Å². The first-order valence-electron chi connectivity index (χ1n) is 7.13. The van der Waals surface area contributed by atoms with Gasteiger partial charge in [0.25, 0.3) is 11.8 Å². The van der Waals surface area contributed by atoms with E-state index in [1.54, 1.807) is 0 Å². The summed E-state index contributed by atoms with van der Waals surface area (Å²) in [6.45, 7) is 0.184. The van der Waals surface area contributed by atoms with Crippen LogP contribution in [0.4, 0.5) is 18.0 Å². The highest BCUT2D eigenvalue weighted by atomic mass is 19.4. The smallest absolute Gasteiger partial charge is 0.465 e. The summed E-state index contributed by atoms with van der Waals surface area (Å²) in [7, 11) is 0. The van der Waals surface area contributed by atoms with Crippen molar-refractivity contribution >= 4 is 17.9 Å². The van der Waals surface area contributed by atoms with Gasteiger partial charge >= 0.3 is 12.5 Å². The minimum absolute atomic E-state index is 0.184. The zero-order chi connectivity index (χ0) is 18.6. The molecule has 0 saturated carbocycles. The molecule has 0 radical (unpaired) electrons. The maximum atomic E-state index is 12.3. The van der Waals surface area contributed by atoms with Crippen molar-refractivity contribution in [3.63, 3.8) is 0 Å². The third-order valence-electron chi connectivity index (χ3n) is 3.46. The number of nitrogens with zero attached hydrogens (tertiary/aromatic N) is 1. The Kier molecular flexibility index (Phi) is 5.35. The number of likely N-dealkylation sites (tertiary alicyclic amines) is 1. The van der Waals surface area contributed by atoms with Crippen molar-refractivity contribution in [1.29, 1.82) is 0 Å². The van der Waals surface area contributed by atoms with Crippen LogP contribution in [0.15, 0.2) is 24.3 Å². The van der Waals surface area contributed by atoms with Crippen molar-refractivity contribution in [3.05, 3.63) is 29.8 Å². The molecule has 0 unspecified atom stereocenters. The van der Waals surface area contributed by atoms with Crippen LogP contribution in [0.25, 0.3) is 0 Å². The molecule has 1 aromatic rings. The maximum absolute atomic E-state index is 12.3. The number of para-hydroxylation sites is 1. The summed E-state index contributed by atoms with van der Waals surface area (Å²) in [5.74, 6) is -2.54. The number of ether oxygens (including phenoxy) is 1. The number of carbonyl (C=O) groups excluding carboxylic acids is 2. The third-order valence-corrected chi connectivity index (χ3v) is 3.46. The zero-order valence-corrected chi connectivity index (χ0v) is 12.7. The molecule has 136 valence electrons. The van der Waals surface area contributed by atoms with E-state index in [1.807, 2.05) is 10.9 Å². The van der Waals surface area contributed by atoms with E-state index in [1.165, 1.54) is 12.1 Å². The third kappa shape index (κ3) is 4.75. The predicted molar refractivity (Wildman–Crippen MR) is 76.5 cm³/mol. The Labute approximate surface area is 139 Å². The summed E-state index contributed by atoms with van der Waals surface area (Å²) in [4.78, 5) is 35.9. The number of hydrogen-bond donors (Lipinski definition) is 3. The zero-order valence-electron chi connectivity index (χ0n) is 12.7. The molecule has 1 aliphatic rings. The van der Waals surface area contributed by atoms with Gasteiger partial charge in [-0.2, -0.15) is 0 Å².